The Bertz CT molecular complexity index is 224. The van der Waals surface area contributed by atoms with Gasteiger partial charge in [-0.1, -0.05) is 20.4 Å². The number of aliphatic carboxylic acids is 1. The predicted molar refractivity (Wildman–Crippen MR) is 42.1 cm³/mol. The first-order chi connectivity index (χ1) is 5.01. The number of carbonyl (C=O) groups is 1. The molecule has 0 bridgehead atoms. The topological polar surface area (TPSA) is 37.3 Å². The zero-order valence-corrected chi connectivity index (χ0v) is 6.79. The van der Waals surface area contributed by atoms with Crippen LogP contribution in [-0.4, -0.2) is 11.1 Å². The molecule has 1 aliphatic carbocycles. The average molecular weight is 152 g/mol. The Balaban J connectivity index is 2.75. The largest absolute Gasteiger partial charge is 0.481 e. The lowest BCUT2D eigenvalue weighted by molar-refractivity contribution is -0.139. The van der Waals surface area contributed by atoms with Crippen molar-refractivity contribution in [3.8, 4) is 0 Å². The standard InChI is InChI=1S/C9H12O2/c1-4-5-6-7(8(10)11)9(6,2)3/h5-7H,1H2,2-3H3,(H,10,11)/t6-,7+/m0/s1. The monoisotopic (exact) mass is 152 g/mol. The van der Waals surface area contributed by atoms with E-state index in [1.165, 1.54) is 0 Å². The van der Waals surface area contributed by atoms with Crippen molar-refractivity contribution in [3.63, 3.8) is 0 Å². The summed E-state index contributed by atoms with van der Waals surface area (Å²) in [4.78, 5) is 10.6. The van der Waals surface area contributed by atoms with Gasteiger partial charge >= 0.3 is 5.97 Å². The summed E-state index contributed by atoms with van der Waals surface area (Å²) in [5.41, 5.74) is 2.53. The van der Waals surface area contributed by atoms with Gasteiger partial charge in [0.05, 0.1) is 5.92 Å². The van der Waals surface area contributed by atoms with Gasteiger partial charge in [0.1, 0.15) is 0 Å². The molecule has 1 aliphatic rings. The molecule has 0 spiro atoms. The minimum Gasteiger partial charge on any atom is -0.481 e. The van der Waals surface area contributed by atoms with Crippen LogP contribution < -0.4 is 0 Å². The number of allylic oxidation sites excluding steroid dienone is 1. The van der Waals surface area contributed by atoms with Crippen molar-refractivity contribution in [1.82, 2.24) is 0 Å². The third-order valence-electron chi connectivity index (χ3n) is 2.47. The van der Waals surface area contributed by atoms with Crippen molar-refractivity contribution in [2.75, 3.05) is 0 Å². The normalized spacial score (nSPS) is 32.2. The fourth-order valence-corrected chi connectivity index (χ4v) is 1.59. The molecule has 11 heavy (non-hydrogen) atoms. The summed E-state index contributed by atoms with van der Waals surface area (Å²) in [6.07, 6.45) is 1.75. The second-order valence-electron chi connectivity index (χ2n) is 3.53. The van der Waals surface area contributed by atoms with E-state index in [2.05, 4.69) is 12.3 Å². The lowest BCUT2D eigenvalue weighted by atomic mass is 10.1. The number of hydrogen-bond donors (Lipinski definition) is 1. The van der Waals surface area contributed by atoms with Crippen molar-refractivity contribution in [3.05, 3.63) is 18.4 Å². The van der Waals surface area contributed by atoms with Gasteiger partial charge in [0.15, 0.2) is 0 Å². The van der Waals surface area contributed by atoms with Gasteiger partial charge in [-0.3, -0.25) is 4.79 Å². The van der Waals surface area contributed by atoms with E-state index in [1.807, 2.05) is 13.8 Å². The van der Waals surface area contributed by atoms with Gasteiger partial charge in [-0.25, -0.2) is 0 Å². The highest BCUT2D eigenvalue weighted by Gasteiger charge is 2.60. The van der Waals surface area contributed by atoms with Crippen molar-refractivity contribution in [2.24, 2.45) is 17.3 Å². The van der Waals surface area contributed by atoms with Crippen molar-refractivity contribution < 1.29 is 9.90 Å². The van der Waals surface area contributed by atoms with Crippen LogP contribution in [0.15, 0.2) is 18.4 Å². The van der Waals surface area contributed by atoms with E-state index in [9.17, 15) is 4.79 Å². The zero-order chi connectivity index (χ0) is 8.65. The predicted octanol–water partition coefficient (Wildman–Crippen LogP) is 1.68. The van der Waals surface area contributed by atoms with Gasteiger partial charge in [-0.2, -0.15) is 0 Å². The summed E-state index contributed by atoms with van der Waals surface area (Å²) in [5, 5.41) is 8.72. The maximum Gasteiger partial charge on any atom is 0.307 e. The third kappa shape index (κ3) is 1.10. The molecule has 0 aromatic heterocycles. The SMILES string of the molecule is C=C=C[C@H]1[C@H](C(=O)O)C1(C)C. The van der Waals surface area contributed by atoms with E-state index in [0.29, 0.717) is 0 Å². The molecule has 0 saturated heterocycles. The van der Waals surface area contributed by atoms with E-state index < -0.39 is 5.97 Å². The van der Waals surface area contributed by atoms with Gasteiger partial charge in [-0.05, 0) is 11.5 Å². The van der Waals surface area contributed by atoms with Crippen LogP contribution in [-0.2, 0) is 4.79 Å². The second-order valence-corrected chi connectivity index (χ2v) is 3.53. The minimum absolute atomic E-state index is 0.101. The molecule has 0 radical (unpaired) electrons. The number of hydrogen-bond acceptors (Lipinski definition) is 1. The fraction of sp³-hybridized carbons (Fsp3) is 0.556. The first kappa shape index (κ1) is 8.09. The molecule has 0 aliphatic heterocycles. The maximum atomic E-state index is 10.6. The van der Waals surface area contributed by atoms with Crippen LogP contribution in [0.4, 0.5) is 0 Å². The Morgan fingerprint density at radius 2 is 2.27 bits per heavy atom. The lowest BCUT2D eigenvalue weighted by Gasteiger charge is -1.95. The Kier molecular flexibility index (Phi) is 1.65. The quantitative estimate of drug-likeness (QED) is 0.611. The Labute approximate surface area is 66.2 Å². The third-order valence-corrected chi connectivity index (χ3v) is 2.47. The number of carboxylic acid groups (broad SMARTS) is 1. The molecular formula is C9H12O2. The Morgan fingerprint density at radius 1 is 1.73 bits per heavy atom. The molecule has 0 aromatic carbocycles. The summed E-state index contributed by atoms with van der Waals surface area (Å²) in [6, 6.07) is 0. The van der Waals surface area contributed by atoms with Crippen molar-refractivity contribution in [2.45, 2.75) is 13.8 Å². The maximum absolute atomic E-state index is 10.6. The number of rotatable bonds is 2. The van der Waals surface area contributed by atoms with E-state index in [4.69, 9.17) is 5.11 Å². The van der Waals surface area contributed by atoms with E-state index >= 15 is 0 Å². The van der Waals surface area contributed by atoms with Crippen LogP contribution in [0.25, 0.3) is 0 Å². The molecule has 1 N–H and O–H groups in total. The van der Waals surface area contributed by atoms with Crippen LogP contribution in [0.2, 0.25) is 0 Å². The molecule has 0 aromatic rings. The zero-order valence-electron chi connectivity index (χ0n) is 6.79. The van der Waals surface area contributed by atoms with Crippen LogP contribution in [0.5, 0.6) is 0 Å². The van der Waals surface area contributed by atoms with E-state index in [0.717, 1.165) is 0 Å². The molecule has 1 rings (SSSR count). The highest BCUT2D eigenvalue weighted by Crippen LogP contribution is 2.58. The first-order valence-corrected chi connectivity index (χ1v) is 3.60. The molecule has 60 valence electrons. The van der Waals surface area contributed by atoms with Crippen LogP contribution >= 0.6 is 0 Å². The van der Waals surface area contributed by atoms with E-state index in [-0.39, 0.29) is 17.3 Å². The molecule has 2 heteroatoms. The minimum atomic E-state index is -0.716. The fourth-order valence-electron chi connectivity index (χ4n) is 1.59. The van der Waals surface area contributed by atoms with Gasteiger partial charge in [0.25, 0.3) is 0 Å². The molecule has 2 atom stereocenters. The Morgan fingerprint density at radius 3 is 2.55 bits per heavy atom. The molecule has 1 fully saturated rings. The van der Waals surface area contributed by atoms with Crippen LogP contribution in [0.3, 0.4) is 0 Å². The van der Waals surface area contributed by atoms with Gasteiger partial charge in [0.2, 0.25) is 0 Å². The van der Waals surface area contributed by atoms with E-state index in [1.54, 1.807) is 6.08 Å². The Hall–Kier alpha value is -1.01. The molecule has 1 saturated carbocycles. The highest BCUT2D eigenvalue weighted by atomic mass is 16.4. The second kappa shape index (κ2) is 2.24. The summed E-state index contributed by atoms with van der Waals surface area (Å²) < 4.78 is 0. The van der Waals surface area contributed by atoms with Gasteiger partial charge in [-0.15, -0.1) is 5.73 Å². The highest BCUT2D eigenvalue weighted by molar-refractivity contribution is 5.76. The first-order valence-electron chi connectivity index (χ1n) is 3.60. The smallest absolute Gasteiger partial charge is 0.307 e. The number of carboxylic acids is 1. The van der Waals surface area contributed by atoms with Crippen molar-refractivity contribution >= 4 is 5.97 Å². The molecule has 0 heterocycles. The van der Waals surface area contributed by atoms with Crippen LogP contribution in [0.1, 0.15) is 13.8 Å². The summed E-state index contributed by atoms with van der Waals surface area (Å²) in [6.45, 7) is 7.32. The summed E-state index contributed by atoms with van der Waals surface area (Å²) in [5.74, 6) is -0.833. The van der Waals surface area contributed by atoms with Crippen molar-refractivity contribution in [1.29, 1.82) is 0 Å². The molecule has 0 unspecified atom stereocenters. The summed E-state index contributed by atoms with van der Waals surface area (Å²) >= 11 is 0. The van der Waals surface area contributed by atoms with Crippen LogP contribution in [0, 0.1) is 17.3 Å². The summed E-state index contributed by atoms with van der Waals surface area (Å²) in [7, 11) is 0. The van der Waals surface area contributed by atoms with Gasteiger partial charge < -0.3 is 5.11 Å². The van der Waals surface area contributed by atoms with Gasteiger partial charge in [0, 0.05) is 5.92 Å². The molecule has 2 nitrogen and oxygen atoms in total. The average Bonchev–Trinajstić information content (AvgIpc) is 2.35. The molecular weight excluding hydrogens is 140 g/mol. The lowest BCUT2D eigenvalue weighted by Crippen LogP contribution is -2.02. The molecule has 0 amide bonds.